The van der Waals surface area contributed by atoms with Gasteiger partial charge >= 0.3 is 0 Å². The minimum absolute atomic E-state index is 0.0768. The van der Waals surface area contributed by atoms with E-state index in [1.54, 1.807) is 25.3 Å². The first-order valence-corrected chi connectivity index (χ1v) is 9.57. The van der Waals surface area contributed by atoms with Crippen LogP contribution in [0.3, 0.4) is 0 Å². The standard InChI is InChI=1S/C20H21N3O4S/c1-13-6-4-5-7-17(13)27-11-19-21-20(23-22-19)28-12-16(24)15-9-8-14(25-2)10-18(15)26-3/h4-10H,11-12H2,1-3H3,(H,21,22,23). The number of H-pyrrole nitrogens is 1. The van der Waals surface area contributed by atoms with Crippen molar-refractivity contribution in [3.8, 4) is 17.2 Å². The second kappa shape index (κ2) is 9.27. The highest BCUT2D eigenvalue weighted by Crippen LogP contribution is 2.26. The molecule has 8 heteroatoms. The molecule has 0 fully saturated rings. The number of thioether (sulfide) groups is 1. The second-order valence-corrected chi connectivity index (χ2v) is 6.84. The molecule has 1 heterocycles. The third-order valence-electron chi connectivity index (χ3n) is 4.01. The van der Waals surface area contributed by atoms with Crippen LogP contribution in [0.2, 0.25) is 0 Å². The molecule has 3 rings (SSSR count). The lowest BCUT2D eigenvalue weighted by molar-refractivity contribution is 0.101. The Morgan fingerprint density at radius 2 is 1.93 bits per heavy atom. The van der Waals surface area contributed by atoms with Crippen LogP contribution in [0.1, 0.15) is 21.7 Å². The van der Waals surface area contributed by atoms with Gasteiger partial charge in [0.2, 0.25) is 5.16 Å². The summed E-state index contributed by atoms with van der Waals surface area (Å²) < 4.78 is 16.2. The quantitative estimate of drug-likeness (QED) is 0.434. The monoisotopic (exact) mass is 399 g/mol. The highest BCUT2D eigenvalue weighted by Gasteiger charge is 2.15. The van der Waals surface area contributed by atoms with E-state index in [1.165, 1.54) is 18.9 Å². The van der Waals surface area contributed by atoms with Crippen molar-refractivity contribution in [2.45, 2.75) is 18.7 Å². The van der Waals surface area contributed by atoms with E-state index in [0.29, 0.717) is 28.0 Å². The maximum absolute atomic E-state index is 12.5. The molecule has 28 heavy (non-hydrogen) atoms. The molecule has 0 saturated heterocycles. The smallest absolute Gasteiger partial charge is 0.208 e. The molecule has 0 atom stereocenters. The molecule has 1 N–H and O–H groups in total. The van der Waals surface area contributed by atoms with E-state index >= 15 is 0 Å². The Morgan fingerprint density at radius 3 is 2.68 bits per heavy atom. The number of ether oxygens (including phenoxy) is 3. The number of rotatable bonds is 9. The van der Waals surface area contributed by atoms with Gasteiger partial charge in [-0.05, 0) is 30.7 Å². The predicted octanol–water partition coefficient (Wildman–Crippen LogP) is 3.68. The molecule has 3 aromatic rings. The van der Waals surface area contributed by atoms with Crippen LogP contribution in [-0.2, 0) is 6.61 Å². The summed E-state index contributed by atoms with van der Waals surface area (Å²) in [5, 5.41) is 7.46. The number of aromatic amines is 1. The van der Waals surface area contributed by atoms with Gasteiger partial charge in [0.05, 0.1) is 25.5 Å². The van der Waals surface area contributed by atoms with Gasteiger partial charge in [-0.2, -0.15) is 0 Å². The summed E-state index contributed by atoms with van der Waals surface area (Å²) in [6.45, 7) is 2.26. The lowest BCUT2D eigenvalue weighted by Gasteiger charge is -2.09. The summed E-state index contributed by atoms with van der Waals surface area (Å²) in [7, 11) is 3.09. The van der Waals surface area contributed by atoms with E-state index < -0.39 is 0 Å². The Morgan fingerprint density at radius 1 is 1.11 bits per heavy atom. The van der Waals surface area contributed by atoms with E-state index in [4.69, 9.17) is 14.2 Å². The topological polar surface area (TPSA) is 86.3 Å². The number of nitrogens with one attached hydrogen (secondary N) is 1. The van der Waals surface area contributed by atoms with Crippen LogP contribution in [0.5, 0.6) is 17.2 Å². The van der Waals surface area contributed by atoms with E-state index in [9.17, 15) is 4.79 Å². The van der Waals surface area contributed by atoms with Gasteiger partial charge in [0.1, 0.15) is 23.9 Å². The van der Waals surface area contributed by atoms with Gasteiger partial charge in [-0.3, -0.25) is 9.89 Å². The number of nitrogens with zero attached hydrogens (tertiary/aromatic N) is 2. The van der Waals surface area contributed by atoms with Crippen LogP contribution in [0.25, 0.3) is 0 Å². The lowest BCUT2D eigenvalue weighted by atomic mass is 10.1. The number of hydrogen-bond acceptors (Lipinski definition) is 7. The largest absolute Gasteiger partial charge is 0.497 e. The first-order chi connectivity index (χ1) is 13.6. The van der Waals surface area contributed by atoms with Crippen molar-refractivity contribution in [1.82, 2.24) is 15.2 Å². The molecule has 0 aliphatic heterocycles. The number of methoxy groups -OCH3 is 2. The predicted molar refractivity (Wildman–Crippen MR) is 106 cm³/mol. The Bertz CT molecular complexity index is 958. The fourth-order valence-electron chi connectivity index (χ4n) is 2.51. The molecular formula is C20H21N3O4S. The number of carbonyl (C=O) groups is 1. The van der Waals surface area contributed by atoms with Crippen LogP contribution in [-0.4, -0.2) is 40.9 Å². The summed E-state index contributed by atoms with van der Waals surface area (Å²) in [4.78, 5) is 16.9. The van der Waals surface area contributed by atoms with E-state index in [1.807, 2.05) is 31.2 Å². The number of hydrogen-bond donors (Lipinski definition) is 1. The van der Waals surface area contributed by atoms with Crippen LogP contribution < -0.4 is 14.2 Å². The zero-order valence-corrected chi connectivity index (χ0v) is 16.7. The van der Waals surface area contributed by atoms with Crippen molar-refractivity contribution < 1.29 is 19.0 Å². The average Bonchev–Trinajstić information content (AvgIpc) is 3.18. The molecule has 0 bridgehead atoms. The molecule has 0 saturated carbocycles. The van der Waals surface area contributed by atoms with Crippen molar-refractivity contribution in [3.05, 3.63) is 59.4 Å². The van der Waals surface area contributed by atoms with Gasteiger partial charge in [0.25, 0.3) is 0 Å². The molecule has 1 aromatic heterocycles. The minimum atomic E-state index is -0.0768. The van der Waals surface area contributed by atoms with E-state index in [-0.39, 0.29) is 18.1 Å². The fraction of sp³-hybridized carbons (Fsp3) is 0.250. The van der Waals surface area contributed by atoms with Gasteiger partial charge in [-0.25, -0.2) is 4.98 Å². The fourth-order valence-corrected chi connectivity index (χ4v) is 3.21. The molecule has 2 aromatic carbocycles. The van der Waals surface area contributed by atoms with Crippen LogP contribution in [0, 0.1) is 6.92 Å². The van der Waals surface area contributed by atoms with Gasteiger partial charge in [0, 0.05) is 6.07 Å². The summed E-state index contributed by atoms with van der Waals surface area (Å²) in [5.41, 5.74) is 1.55. The number of Topliss-reactive ketones (excluding diaryl/α,β-unsaturated/α-hetero) is 1. The number of benzene rings is 2. The molecule has 0 radical (unpaired) electrons. The first-order valence-electron chi connectivity index (χ1n) is 8.58. The number of aromatic nitrogens is 3. The maximum atomic E-state index is 12.5. The molecule has 0 aliphatic rings. The molecular weight excluding hydrogens is 378 g/mol. The molecule has 0 spiro atoms. The Hall–Kier alpha value is -3.00. The molecule has 0 amide bonds. The van der Waals surface area contributed by atoms with Crippen molar-refractivity contribution in [1.29, 1.82) is 0 Å². The molecule has 0 unspecified atom stereocenters. The summed E-state index contributed by atoms with van der Waals surface area (Å²) >= 11 is 1.25. The number of aryl methyl sites for hydroxylation is 1. The van der Waals surface area contributed by atoms with Crippen molar-refractivity contribution >= 4 is 17.5 Å². The summed E-state index contributed by atoms with van der Waals surface area (Å²) in [6.07, 6.45) is 0. The van der Waals surface area contributed by atoms with Gasteiger partial charge < -0.3 is 14.2 Å². The third kappa shape index (κ3) is 4.83. The van der Waals surface area contributed by atoms with Crippen LogP contribution in [0.4, 0.5) is 0 Å². The average molecular weight is 399 g/mol. The van der Waals surface area contributed by atoms with E-state index in [2.05, 4.69) is 15.2 Å². The third-order valence-corrected chi connectivity index (χ3v) is 4.86. The second-order valence-electron chi connectivity index (χ2n) is 5.90. The molecule has 0 aliphatic carbocycles. The lowest BCUT2D eigenvalue weighted by Crippen LogP contribution is -2.05. The minimum Gasteiger partial charge on any atom is -0.497 e. The molecule has 146 valence electrons. The van der Waals surface area contributed by atoms with Gasteiger partial charge in [-0.1, -0.05) is 30.0 Å². The van der Waals surface area contributed by atoms with Crippen molar-refractivity contribution in [2.24, 2.45) is 0 Å². The van der Waals surface area contributed by atoms with Crippen LogP contribution in [0.15, 0.2) is 47.6 Å². The highest BCUT2D eigenvalue weighted by atomic mass is 32.2. The first kappa shape index (κ1) is 19.8. The Balaban J connectivity index is 1.57. The van der Waals surface area contributed by atoms with Crippen LogP contribution >= 0.6 is 11.8 Å². The highest BCUT2D eigenvalue weighted by molar-refractivity contribution is 7.99. The molecule has 7 nitrogen and oxygen atoms in total. The zero-order chi connectivity index (χ0) is 19.9. The summed E-state index contributed by atoms with van der Waals surface area (Å²) in [5.74, 6) is 2.63. The summed E-state index contributed by atoms with van der Waals surface area (Å²) in [6, 6.07) is 12.9. The normalized spacial score (nSPS) is 10.5. The van der Waals surface area contributed by atoms with Gasteiger partial charge in [0.15, 0.2) is 11.6 Å². The Labute approximate surface area is 167 Å². The zero-order valence-electron chi connectivity index (χ0n) is 15.9. The Kier molecular flexibility index (Phi) is 6.54. The van der Waals surface area contributed by atoms with E-state index in [0.717, 1.165) is 11.3 Å². The van der Waals surface area contributed by atoms with Gasteiger partial charge in [-0.15, -0.1) is 5.10 Å². The SMILES string of the molecule is COc1ccc(C(=O)CSc2n[nH]c(COc3ccccc3C)n2)c(OC)c1. The van der Waals surface area contributed by atoms with Crippen molar-refractivity contribution in [2.75, 3.05) is 20.0 Å². The number of ketones is 1. The maximum Gasteiger partial charge on any atom is 0.208 e. The van der Waals surface area contributed by atoms with Crippen molar-refractivity contribution in [3.63, 3.8) is 0 Å². The number of carbonyl (C=O) groups excluding carboxylic acids is 1. The number of para-hydroxylation sites is 1.